The smallest absolute Gasteiger partial charge is 0.126 e. The molecule has 1 rings (SSSR count). The van der Waals surface area contributed by atoms with Gasteiger partial charge in [-0.05, 0) is 55.4 Å². The number of aryl methyl sites for hydroxylation is 1. The second kappa shape index (κ2) is 6.77. The average Bonchev–Trinajstić information content (AvgIpc) is 2.21. The third-order valence-corrected chi connectivity index (χ3v) is 3.04. The van der Waals surface area contributed by atoms with Gasteiger partial charge in [0, 0.05) is 11.7 Å². The minimum absolute atomic E-state index is 0.134. The van der Waals surface area contributed by atoms with Crippen LogP contribution >= 0.6 is 0 Å². The standard InChI is InChI=1S/C16H26FN/c1-11(2)8-15(9-12(3)4)18-14-6-7-16(17)13(5)10-14/h6-7,10-12,15,18H,8-9H2,1-5H3. The molecule has 0 aromatic heterocycles. The predicted octanol–water partition coefficient (Wildman–Crippen LogP) is 5.01. The third kappa shape index (κ3) is 5.07. The Hall–Kier alpha value is -1.05. The van der Waals surface area contributed by atoms with E-state index >= 15 is 0 Å². The summed E-state index contributed by atoms with van der Waals surface area (Å²) in [5, 5.41) is 3.54. The molecule has 0 bridgehead atoms. The van der Waals surface area contributed by atoms with Crippen LogP contribution in [0.3, 0.4) is 0 Å². The van der Waals surface area contributed by atoms with Crippen LogP contribution in [-0.2, 0) is 0 Å². The van der Waals surface area contributed by atoms with Crippen molar-refractivity contribution in [2.24, 2.45) is 11.8 Å². The molecule has 0 saturated carbocycles. The third-order valence-electron chi connectivity index (χ3n) is 3.04. The lowest BCUT2D eigenvalue weighted by atomic mass is 9.95. The molecular formula is C16H26FN. The summed E-state index contributed by atoms with van der Waals surface area (Å²) in [6, 6.07) is 5.73. The van der Waals surface area contributed by atoms with Gasteiger partial charge < -0.3 is 5.32 Å². The van der Waals surface area contributed by atoms with Gasteiger partial charge >= 0.3 is 0 Å². The Bertz CT molecular complexity index is 361. The van der Waals surface area contributed by atoms with Crippen LogP contribution in [0.4, 0.5) is 10.1 Å². The molecule has 0 saturated heterocycles. The molecule has 0 amide bonds. The van der Waals surface area contributed by atoms with E-state index in [0.29, 0.717) is 23.4 Å². The zero-order chi connectivity index (χ0) is 13.7. The second-order valence-electron chi connectivity index (χ2n) is 6.06. The van der Waals surface area contributed by atoms with E-state index in [2.05, 4.69) is 33.0 Å². The Balaban J connectivity index is 2.71. The van der Waals surface area contributed by atoms with Crippen molar-refractivity contribution >= 4 is 5.69 Å². The monoisotopic (exact) mass is 251 g/mol. The molecular weight excluding hydrogens is 225 g/mol. The number of benzene rings is 1. The molecule has 0 atom stereocenters. The molecule has 0 spiro atoms. The summed E-state index contributed by atoms with van der Waals surface area (Å²) in [5.41, 5.74) is 1.73. The Morgan fingerprint density at radius 3 is 2.06 bits per heavy atom. The van der Waals surface area contributed by atoms with Crippen LogP contribution in [0.1, 0.15) is 46.1 Å². The lowest BCUT2D eigenvalue weighted by Crippen LogP contribution is -2.23. The number of halogens is 1. The van der Waals surface area contributed by atoms with E-state index in [1.165, 1.54) is 0 Å². The van der Waals surface area contributed by atoms with Crippen LogP contribution in [0, 0.1) is 24.6 Å². The average molecular weight is 251 g/mol. The second-order valence-corrected chi connectivity index (χ2v) is 6.06. The zero-order valence-corrected chi connectivity index (χ0v) is 12.3. The molecule has 0 heterocycles. The molecule has 2 heteroatoms. The highest BCUT2D eigenvalue weighted by atomic mass is 19.1. The van der Waals surface area contributed by atoms with Gasteiger partial charge in [-0.25, -0.2) is 4.39 Å². The molecule has 1 aromatic carbocycles. The predicted molar refractivity (Wildman–Crippen MR) is 77.5 cm³/mol. The molecule has 18 heavy (non-hydrogen) atoms. The highest BCUT2D eigenvalue weighted by Gasteiger charge is 2.13. The van der Waals surface area contributed by atoms with Crippen molar-refractivity contribution in [3.63, 3.8) is 0 Å². The maximum absolute atomic E-state index is 13.2. The summed E-state index contributed by atoms with van der Waals surface area (Å²) in [6.45, 7) is 10.8. The van der Waals surface area contributed by atoms with Crippen molar-refractivity contribution < 1.29 is 4.39 Å². The Morgan fingerprint density at radius 1 is 1.06 bits per heavy atom. The van der Waals surface area contributed by atoms with Gasteiger partial charge in [0.15, 0.2) is 0 Å². The van der Waals surface area contributed by atoms with Crippen molar-refractivity contribution in [3.05, 3.63) is 29.6 Å². The molecule has 0 unspecified atom stereocenters. The quantitative estimate of drug-likeness (QED) is 0.749. The van der Waals surface area contributed by atoms with Crippen LogP contribution in [0.5, 0.6) is 0 Å². The SMILES string of the molecule is Cc1cc(NC(CC(C)C)CC(C)C)ccc1F. The van der Waals surface area contributed by atoms with Gasteiger partial charge in [0.2, 0.25) is 0 Å². The van der Waals surface area contributed by atoms with E-state index in [-0.39, 0.29) is 5.82 Å². The summed E-state index contributed by atoms with van der Waals surface area (Å²) in [5.74, 6) is 1.20. The maximum Gasteiger partial charge on any atom is 0.126 e. The highest BCUT2D eigenvalue weighted by Crippen LogP contribution is 2.20. The molecule has 102 valence electrons. The summed E-state index contributed by atoms with van der Waals surface area (Å²) in [7, 11) is 0. The summed E-state index contributed by atoms with van der Waals surface area (Å²) >= 11 is 0. The molecule has 0 aliphatic rings. The first-order valence-electron chi connectivity index (χ1n) is 6.91. The molecule has 1 N–H and O–H groups in total. The van der Waals surface area contributed by atoms with Crippen molar-refractivity contribution in [1.29, 1.82) is 0 Å². The Kier molecular flexibility index (Phi) is 5.64. The zero-order valence-electron chi connectivity index (χ0n) is 12.3. The fourth-order valence-electron chi connectivity index (χ4n) is 2.32. The number of anilines is 1. The summed E-state index contributed by atoms with van der Waals surface area (Å²) < 4.78 is 13.2. The number of hydrogen-bond donors (Lipinski definition) is 1. The largest absolute Gasteiger partial charge is 0.382 e. The number of hydrogen-bond acceptors (Lipinski definition) is 1. The van der Waals surface area contributed by atoms with E-state index in [1.54, 1.807) is 13.0 Å². The van der Waals surface area contributed by atoms with E-state index in [4.69, 9.17) is 0 Å². The van der Waals surface area contributed by atoms with Gasteiger partial charge in [-0.3, -0.25) is 0 Å². The lowest BCUT2D eigenvalue weighted by Gasteiger charge is -2.23. The van der Waals surface area contributed by atoms with Gasteiger partial charge in [-0.1, -0.05) is 27.7 Å². The van der Waals surface area contributed by atoms with Crippen molar-refractivity contribution in [1.82, 2.24) is 0 Å². The minimum Gasteiger partial charge on any atom is -0.382 e. The molecule has 1 aromatic rings. The van der Waals surface area contributed by atoms with Crippen molar-refractivity contribution in [2.75, 3.05) is 5.32 Å². The van der Waals surface area contributed by atoms with Gasteiger partial charge in [-0.2, -0.15) is 0 Å². The molecule has 0 radical (unpaired) electrons. The number of rotatable bonds is 6. The van der Waals surface area contributed by atoms with E-state index in [1.807, 2.05) is 12.1 Å². The topological polar surface area (TPSA) is 12.0 Å². The van der Waals surface area contributed by atoms with Crippen LogP contribution in [-0.4, -0.2) is 6.04 Å². The summed E-state index contributed by atoms with van der Waals surface area (Å²) in [6.07, 6.45) is 2.29. The Morgan fingerprint density at radius 2 is 1.61 bits per heavy atom. The molecule has 0 aliphatic heterocycles. The van der Waals surface area contributed by atoms with Gasteiger partial charge in [0.25, 0.3) is 0 Å². The van der Waals surface area contributed by atoms with Gasteiger partial charge in [-0.15, -0.1) is 0 Å². The van der Waals surface area contributed by atoms with Crippen LogP contribution in [0.2, 0.25) is 0 Å². The molecule has 0 aliphatic carbocycles. The van der Waals surface area contributed by atoms with E-state index in [0.717, 1.165) is 18.5 Å². The normalized spacial score (nSPS) is 11.6. The Labute approximate surface area is 111 Å². The van der Waals surface area contributed by atoms with E-state index < -0.39 is 0 Å². The fraction of sp³-hybridized carbons (Fsp3) is 0.625. The van der Waals surface area contributed by atoms with Crippen LogP contribution < -0.4 is 5.32 Å². The van der Waals surface area contributed by atoms with Crippen molar-refractivity contribution in [2.45, 2.75) is 53.5 Å². The lowest BCUT2D eigenvalue weighted by molar-refractivity contribution is 0.442. The summed E-state index contributed by atoms with van der Waals surface area (Å²) in [4.78, 5) is 0. The maximum atomic E-state index is 13.2. The number of nitrogens with one attached hydrogen (secondary N) is 1. The van der Waals surface area contributed by atoms with Crippen LogP contribution in [0.25, 0.3) is 0 Å². The first-order valence-corrected chi connectivity index (χ1v) is 6.91. The van der Waals surface area contributed by atoms with Crippen molar-refractivity contribution in [3.8, 4) is 0 Å². The highest BCUT2D eigenvalue weighted by molar-refractivity contribution is 5.46. The first-order chi connectivity index (χ1) is 8.38. The molecule has 0 fully saturated rings. The van der Waals surface area contributed by atoms with E-state index in [9.17, 15) is 4.39 Å². The van der Waals surface area contributed by atoms with Crippen LogP contribution in [0.15, 0.2) is 18.2 Å². The first kappa shape index (κ1) is 15.0. The fourth-order valence-corrected chi connectivity index (χ4v) is 2.32. The van der Waals surface area contributed by atoms with Gasteiger partial charge in [0.1, 0.15) is 5.82 Å². The minimum atomic E-state index is -0.134. The molecule has 1 nitrogen and oxygen atoms in total. The van der Waals surface area contributed by atoms with Gasteiger partial charge in [0.05, 0.1) is 0 Å².